The van der Waals surface area contributed by atoms with Crippen LogP contribution < -0.4 is 0 Å². The predicted octanol–water partition coefficient (Wildman–Crippen LogP) is 2.66. The third-order valence-electron chi connectivity index (χ3n) is 2.11. The molecule has 0 unspecified atom stereocenters. The Morgan fingerprint density at radius 3 is 1.67 bits per heavy atom. The summed E-state index contributed by atoms with van der Waals surface area (Å²) in [6.07, 6.45) is 0. The van der Waals surface area contributed by atoms with Crippen molar-refractivity contribution in [2.75, 3.05) is 13.2 Å². The lowest BCUT2D eigenvalue weighted by Crippen LogP contribution is -2.48. The molecule has 5 nitrogen and oxygen atoms in total. The van der Waals surface area contributed by atoms with Gasteiger partial charge < -0.3 is 9.47 Å². The van der Waals surface area contributed by atoms with Crippen LogP contribution in [0.5, 0.6) is 0 Å². The molecule has 0 saturated carbocycles. The van der Waals surface area contributed by atoms with Crippen molar-refractivity contribution in [2.24, 2.45) is 0 Å². The number of thioether (sulfide) groups is 2. The quantitative estimate of drug-likeness (QED) is 0.277. The van der Waals surface area contributed by atoms with Crippen LogP contribution in [0.4, 0.5) is 0 Å². The van der Waals surface area contributed by atoms with E-state index in [1.807, 2.05) is 27.7 Å². The lowest BCUT2D eigenvalue weighted by Gasteiger charge is -2.30. The number of rotatable bonds is 9. The van der Waals surface area contributed by atoms with Crippen LogP contribution in [0, 0.1) is 0 Å². The summed E-state index contributed by atoms with van der Waals surface area (Å²) >= 11 is 2.25. The highest BCUT2D eigenvalue weighted by molar-refractivity contribution is 8.21. The molecule has 0 radical (unpaired) electrons. The Labute approximate surface area is 134 Å². The molecule has 0 aromatic rings. The smallest absolute Gasteiger partial charge is 0.377 e. The number of hydrogen-bond acceptors (Lipinski definition) is 7. The summed E-state index contributed by atoms with van der Waals surface area (Å²) in [7, 11) is 0. The van der Waals surface area contributed by atoms with E-state index in [9.17, 15) is 14.4 Å². The maximum Gasteiger partial charge on any atom is 0.377 e. The van der Waals surface area contributed by atoms with E-state index in [-0.39, 0.29) is 23.7 Å². The Balaban J connectivity index is 5.69. The second-order valence-electron chi connectivity index (χ2n) is 4.72. The van der Waals surface area contributed by atoms with E-state index in [2.05, 4.69) is 0 Å². The van der Waals surface area contributed by atoms with Crippen molar-refractivity contribution in [2.45, 2.75) is 56.1 Å². The van der Waals surface area contributed by atoms with Crippen LogP contribution in [-0.4, -0.2) is 45.5 Å². The molecule has 0 rings (SSSR count). The van der Waals surface area contributed by atoms with Gasteiger partial charge in [-0.25, -0.2) is 9.59 Å². The van der Waals surface area contributed by atoms with E-state index in [1.54, 1.807) is 13.8 Å². The lowest BCUT2D eigenvalue weighted by molar-refractivity contribution is -0.157. The maximum absolute atomic E-state index is 12.5. The molecule has 0 saturated heterocycles. The minimum Gasteiger partial charge on any atom is -0.464 e. The number of Topliss-reactive ketones (excluding diaryl/α,β-unsaturated/α-hetero) is 1. The molecule has 0 atom stereocenters. The van der Waals surface area contributed by atoms with E-state index in [1.165, 1.54) is 0 Å². The van der Waals surface area contributed by atoms with Gasteiger partial charge in [-0.3, -0.25) is 4.79 Å². The summed E-state index contributed by atoms with van der Waals surface area (Å²) in [6.45, 7) is 10.9. The maximum atomic E-state index is 12.5. The average molecular weight is 336 g/mol. The molecule has 0 heterocycles. The van der Waals surface area contributed by atoms with Gasteiger partial charge in [-0.1, -0.05) is 27.7 Å². The van der Waals surface area contributed by atoms with E-state index in [0.29, 0.717) is 0 Å². The summed E-state index contributed by atoms with van der Waals surface area (Å²) in [5.41, 5.74) is 0. The Hall–Kier alpha value is -0.690. The number of carbonyl (C=O) groups excluding carboxylic acids is 3. The molecule has 0 fully saturated rings. The fourth-order valence-electron chi connectivity index (χ4n) is 1.54. The van der Waals surface area contributed by atoms with E-state index < -0.39 is 21.8 Å². The Morgan fingerprint density at radius 1 is 0.905 bits per heavy atom. The van der Waals surface area contributed by atoms with Crippen LogP contribution >= 0.6 is 23.5 Å². The number of ether oxygens (including phenoxy) is 2. The predicted molar refractivity (Wildman–Crippen MR) is 86.5 cm³/mol. The third kappa shape index (κ3) is 5.90. The van der Waals surface area contributed by atoms with Crippen molar-refractivity contribution >= 4 is 41.2 Å². The first-order valence-electron chi connectivity index (χ1n) is 6.95. The number of esters is 2. The van der Waals surface area contributed by atoms with Crippen molar-refractivity contribution in [3.05, 3.63) is 0 Å². The van der Waals surface area contributed by atoms with Gasteiger partial charge in [0.1, 0.15) is 0 Å². The summed E-state index contributed by atoms with van der Waals surface area (Å²) < 4.78 is 8.22. The molecule has 0 amide bonds. The van der Waals surface area contributed by atoms with Gasteiger partial charge >= 0.3 is 11.9 Å². The molecule has 0 aliphatic heterocycles. The highest BCUT2D eigenvalue weighted by atomic mass is 32.2. The second-order valence-corrected chi connectivity index (χ2v) is 8.56. The third-order valence-corrected chi connectivity index (χ3v) is 5.00. The van der Waals surface area contributed by atoms with Gasteiger partial charge in [0.25, 0.3) is 5.78 Å². The zero-order chi connectivity index (χ0) is 16.6. The van der Waals surface area contributed by atoms with Crippen molar-refractivity contribution in [3.63, 3.8) is 0 Å². The highest BCUT2D eigenvalue weighted by Crippen LogP contribution is 2.44. The second kappa shape index (κ2) is 9.35. The molecule has 0 spiro atoms. The van der Waals surface area contributed by atoms with Crippen molar-refractivity contribution in [1.29, 1.82) is 0 Å². The first-order valence-corrected chi connectivity index (χ1v) is 8.71. The monoisotopic (exact) mass is 336 g/mol. The number of ketones is 1. The van der Waals surface area contributed by atoms with E-state index in [0.717, 1.165) is 23.5 Å². The molecule has 0 aliphatic carbocycles. The van der Waals surface area contributed by atoms with Crippen molar-refractivity contribution < 1.29 is 23.9 Å². The highest BCUT2D eigenvalue weighted by Gasteiger charge is 2.53. The van der Waals surface area contributed by atoms with Gasteiger partial charge in [0.05, 0.1) is 13.2 Å². The summed E-state index contributed by atoms with van der Waals surface area (Å²) in [6, 6.07) is 0. The van der Waals surface area contributed by atoms with Crippen LogP contribution in [0.15, 0.2) is 0 Å². The summed E-state index contributed by atoms with van der Waals surface area (Å²) in [5, 5.41) is -0.0573. The molecule has 122 valence electrons. The fraction of sp³-hybridized carbons (Fsp3) is 0.786. The normalized spacial score (nSPS) is 11.6. The standard InChI is InChI=1S/C14H24O5S2/c1-7-18-12(16)11(15)14(20-9(3)4,21-10(5)6)13(17)19-8-2/h9-10H,7-8H2,1-6H3. The molecular weight excluding hydrogens is 312 g/mol. The Morgan fingerprint density at radius 2 is 1.33 bits per heavy atom. The molecule has 0 aromatic carbocycles. The topological polar surface area (TPSA) is 69.7 Å². The van der Waals surface area contributed by atoms with Crippen LogP contribution in [0.2, 0.25) is 0 Å². The van der Waals surface area contributed by atoms with Gasteiger partial charge in [-0.05, 0) is 13.8 Å². The van der Waals surface area contributed by atoms with E-state index >= 15 is 0 Å². The van der Waals surface area contributed by atoms with Crippen molar-refractivity contribution in [1.82, 2.24) is 0 Å². The molecule has 21 heavy (non-hydrogen) atoms. The minimum atomic E-state index is -1.61. The van der Waals surface area contributed by atoms with Crippen LogP contribution in [-0.2, 0) is 23.9 Å². The zero-order valence-corrected chi connectivity index (χ0v) is 15.1. The Bertz CT molecular complexity index is 370. The number of carbonyl (C=O) groups is 3. The van der Waals surface area contributed by atoms with Crippen LogP contribution in [0.3, 0.4) is 0 Å². The zero-order valence-electron chi connectivity index (χ0n) is 13.4. The molecule has 0 aliphatic rings. The molecule has 0 aromatic heterocycles. The Kier molecular flexibility index (Phi) is 9.04. The van der Waals surface area contributed by atoms with Crippen LogP contribution in [0.25, 0.3) is 0 Å². The lowest BCUT2D eigenvalue weighted by atomic mass is 10.2. The SMILES string of the molecule is CCOC(=O)C(=O)C(SC(C)C)(SC(C)C)C(=O)OCC. The van der Waals surface area contributed by atoms with Gasteiger partial charge in [0.15, 0.2) is 0 Å². The van der Waals surface area contributed by atoms with Gasteiger partial charge in [-0.2, -0.15) is 0 Å². The van der Waals surface area contributed by atoms with E-state index in [4.69, 9.17) is 9.47 Å². The first-order chi connectivity index (χ1) is 9.71. The van der Waals surface area contributed by atoms with Crippen LogP contribution in [0.1, 0.15) is 41.5 Å². The number of hydrogen-bond donors (Lipinski definition) is 0. The molecule has 0 bridgehead atoms. The first kappa shape index (κ1) is 20.3. The van der Waals surface area contributed by atoms with Gasteiger partial charge in [0, 0.05) is 10.5 Å². The van der Waals surface area contributed by atoms with Gasteiger partial charge in [-0.15, -0.1) is 23.5 Å². The molecular formula is C14H24O5S2. The molecule has 0 N–H and O–H groups in total. The minimum absolute atomic E-state index is 0.0287. The average Bonchev–Trinajstić information content (AvgIpc) is 2.36. The molecule has 7 heteroatoms. The van der Waals surface area contributed by atoms with Gasteiger partial charge in [0.2, 0.25) is 4.08 Å². The summed E-state index contributed by atoms with van der Waals surface area (Å²) in [4.78, 5) is 36.8. The van der Waals surface area contributed by atoms with Crippen molar-refractivity contribution in [3.8, 4) is 0 Å². The largest absolute Gasteiger partial charge is 0.464 e. The fourth-order valence-corrected chi connectivity index (χ4v) is 4.94. The summed E-state index contributed by atoms with van der Waals surface area (Å²) in [5.74, 6) is -2.55.